The molecule has 0 spiro atoms. The first-order valence-electron chi connectivity index (χ1n) is 7.26. The first-order chi connectivity index (χ1) is 9.72. The van der Waals surface area contributed by atoms with Crippen LogP contribution in [0.5, 0.6) is 0 Å². The third-order valence-electron chi connectivity index (χ3n) is 3.50. The lowest BCUT2D eigenvalue weighted by molar-refractivity contribution is -0.147. The lowest BCUT2D eigenvalue weighted by Gasteiger charge is -2.29. The van der Waals surface area contributed by atoms with Crippen LogP contribution in [0.4, 0.5) is 5.69 Å². The van der Waals surface area contributed by atoms with Crippen molar-refractivity contribution in [1.82, 2.24) is 0 Å². The molecule has 0 aliphatic carbocycles. The number of aryl methyl sites for hydroxylation is 1. The molecule has 0 atom stereocenters. The standard InChI is InChI=1S/C16H21NO3/c1-2-3-10-16(19)20-12-15(18)17-11-6-8-13-7-4-5-9-14(13)17/h4-5,7,9H,2-3,6,8,10-12H2,1H3. The van der Waals surface area contributed by atoms with E-state index in [0.717, 1.165) is 31.4 Å². The molecule has 20 heavy (non-hydrogen) atoms. The van der Waals surface area contributed by atoms with Gasteiger partial charge in [0.2, 0.25) is 0 Å². The second-order valence-corrected chi connectivity index (χ2v) is 5.04. The van der Waals surface area contributed by atoms with E-state index in [9.17, 15) is 9.59 Å². The van der Waals surface area contributed by atoms with Crippen LogP contribution in [-0.4, -0.2) is 25.0 Å². The quantitative estimate of drug-likeness (QED) is 0.776. The second kappa shape index (κ2) is 7.08. The minimum atomic E-state index is -0.287. The summed E-state index contributed by atoms with van der Waals surface area (Å²) < 4.78 is 5.04. The number of fused-ring (bicyclic) bond motifs is 1. The Labute approximate surface area is 119 Å². The second-order valence-electron chi connectivity index (χ2n) is 5.04. The number of unbranched alkanes of at least 4 members (excludes halogenated alkanes) is 1. The maximum absolute atomic E-state index is 12.2. The number of para-hydroxylation sites is 1. The molecule has 0 saturated carbocycles. The van der Waals surface area contributed by atoms with Crippen molar-refractivity contribution in [3.8, 4) is 0 Å². The van der Waals surface area contributed by atoms with Gasteiger partial charge in [-0.1, -0.05) is 31.5 Å². The van der Waals surface area contributed by atoms with Gasteiger partial charge >= 0.3 is 5.97 Å². The van der Waals surface area contributed by atoms with Gasteiger partial charge < -0.3 is 9.64 Å². The summed E-state index contributed by atoms with van der Waals surface area (Å²) in [5.41, 5.74) is 2.14. The van der Waals surface area contributed by atoms with Crippen LogP contribution in [0, 0.1) is 0 Å². The Hall–Kier alpha value is -1.84. The van der Waals surface area contributed by atoms with Gasteiger partial charge in [-0.25, -0.2) is 0 Å². The summed E-state index contributed by atoms with van der Waals surface area (Å²) in [6.45, 7) is 2.56. The van der Waals surface area contributed by atoms with Crippen molar-refractivity contribution in [3.63, 3.8) is 0 Å². The van der Waals surface area contributed by atoms with Gasteiger partial charge in [-0.2, -0.15) is 0 Å². The molecule has 4 heteroatoms. The molecule has 4 nitrogen and oxygen atoms in total. The topological polar surface area (TPSA) is 46.6 Å². The van der Waals surface area contributed by atoms with Crippen LogP contribution in [0.3, 0.4) is 0 Å². The predicted octanol–water partition coefficient (Wildman–Crippen LogP) is 2.70. The molecule has 0 saturated heterocycles. The molecule has 1 amide bonds. The highest BCUT2D eigenvalue weighted by Crippen LogP contribution is 2.26. The van der Waals surface area contributed by atoms with E-state index in [0.29, 0.717) is 13.0 Å². The average Bonchev–Trinajstić information content (AvgIpc) is 2.50. The van der Waals surface area contributed by atoms with E-state index < -0.39 is 0 Å². The summed E-state index contributed by atoms with van der Waals surface area (Å²) >= 11 is 0. The highest BCUT2D eigenvalue weighted by Gasteiger charge is 2.22. The van der Waals surface area contributed by atoms with Crippen LogP contribution >= 0.6 is 0 Å². The molecule has 0 fully saturated rings. The molecule has 1 aromatic carbocycles. The molecule has 2 rings (SSSR count). The van der Waals surface area contributed by atoms with Crippen LogP contribution < -0.4 is 4.90 Å². The normalized spacial score (nSPS) is 13.8. The average molecular weight is 275 g/mol. The summed E-state index contributed by atoms with van der Waals surface area (Å²) in [6, 6.07) is 7.91. The van der Waals surface area contributed by atoms with Crippen molar-refractivity contribution < 1.29 is 14.3 Å². The number of hydrogen-bond donors (Lipinski definition) is 0. The first-order valence-corrected chi connectivity index (χ1v) is 7.26. The van der Waals surface area contributed by atoms with Crippen LogP contribution in [-0.2, 0) is 20.7 Å². The molecule has 1 heterocycles. The van der Waals surface area contributed by atoms with E-state index in [1.54, 1.807) is 4.90 Å². The SMILES string of the molecule is CCCCC(=O)OCC(=O)N1CCCc2ccccc21. The Morgan fingerprint density at radius 3 is 2.90 bits per heavy atom. The van der Waals surface area contributed by atoms with E-state index in [4.69, 9.17) is 4.74 Å². The molecular formula is C16H21NO3. The summed E-state index contributed by atoms with van der Waals surface area (Å²) in [7, 11) is 0. The van der Waals surface area contributed by atoms with Crippen molar-refractivity contribution in [2.24, 2.45) is 0 Å². The minimum absolute atomic E-state index is 0.137. The van der Waals surface area contributed by atoms with Gasteiger partial charge in [0.25, 0.3) is 5.91 Å². The lowest BCUT2D eigenvalue weighted by Crippen LogP contribution is -2.38. The van der Waals surface area contributed by atoms with Gasteiger partial charge in [0.15, 0.2) is 6.61 Å². The van der Waals surface area contributed by atoms with Crippen molar-refractivity contribution in [2.75, 3.05) is 18.1 Å². The van der Waals surface area contributed by atoms with Crippen molar-refractivity contribution in [1.29, 1.82) is 0 Å². The lowest BCUT2D eigenvalue weighted by atomic mass is 10.0. The highest BCUT2D eigenvalue weighted by atomic mass is 16.5. The summed E-state index contributed by atoms with van der Waals surface area (Å²) in [6.07, 6.45) is 4.09. The van der Waals surface area contributed by atoms with Crippen LogP contribution in [0.1, 0.15) is 38.2 Å². The van der Waals surface area contributed by atoms with Gasteiger partial charge in [0.1, 0.15) is 0 Å². The van der Waals surface area contributed by atoms with Crippen molar-refractivity contribution in [3.05, 3.63) is 29.8 Å². The number of amides is 1. The van der Waals surface area contributed by atoms with Crippen LogP contribution in [0.15, 0.2) is 24.3 Å². The van der Waals surface area contributed by atoms with Crippen molar-refractivity contribution >= 4 is 17.6 Å². The van der Waals surface area contributed by atoms with E-state index in [1.165, 1.54) is 5.56 Å². The fraction of sp³-hybridized carbons (Fsp3) is 0.500. The Morgan fingerprint density at radius 2 is 2.10 bits per heavy atom. The third kappa shape index (κ3) is 3.59. The predicted molar refractivity (Wildman–Crippen MR) is 77.6 cm³/mol. The fourth-order valence-electron chi connectivity index (χ4n) is 2.41. The molecule has 1 aliphatic heterocycles. The zero-order valence-electron chi connectivity index (χ0n) is 11.9. The molecular weight excluding hydrogens is 254 g/mol. The Bertz CT molecular complexity index is 484. The number of ether oxygens (including phenoxy) is 1. The van der Waals surface area contributed by atoms with Gasteiger partial charge in [-0.05, 0) is 30.9 Å². The van der Waals surface area contributed by atoms with E-state index in [-0.39, 0.29) is 18.5 Å². The molecule has 0 bridgehead atoms. The number of benzene rings is 1. The van der Waals surface area contributed by atoms with E-state index >= 15 is 0 Å². The Morgan fingerprint density at radius 1 is 1.30 bits per heavy atom. The summed E-state index contributed by atoms with van der Waals surface area (Å²) in [4.78, 5) is 25.4. The Kier molecular flexibility index (Phi) is 5.16. The van der Waals surface area contributed by atoms with E-state index in [2.05, 4.69) is 0 Å². The molecule has 0 N–H and O–H groups in total. The molecule has 1 aromatic rings. The van der Waals surface area contributed by atoms with Gasteiger partial charge in [0, 0.05) is 18.7 Å². The monoisotopic (exact) mass is 275 g/mol. The molecule has 0 aromatic heterocycles. The maximum Gasteiger partial charge on any atom is 0.306 e. The van der Waals surface area contributed by atoms with Gasteiger partial charge in [0.05, 0.1) is 0 Å². The number of esters is 1. The van der Waals surface area contributed by atoms with E-state index in [1.807, 2.05) is 31.2 Å². The molecule has 1 aliphatic rings. The number of anilines is 1. The maximum atomic E-state index is 12.2. The third-order valence-corrected chi connectivity index (χ3v) is 3.50. The number of carbonyl (C=O) groups excluding carboxylic acids is 2. The molecule has 0 radical (unpaired) electrons. The number of nitrogens with zero attached hydrogens (tertiary/aromatic N) is 1. The van der Waals surface area contributed by atoms with Gasteiger partial charge in [-0.15, -0.1) is 0 Å². The minimum Gasteiger partial charge on any atom is -0.456 e. The summed E-state index contributed by atoms with van der Waals surface area (Å²) in [5, 5.41) is 0. The smallest absolute Gasteiger partial charge is 0.306 e. The Balaban J connectivity index is 1.92. The number of rotatable bonds is 5. The van der Waals surface area contributed by atoms with Gasteiger partial charge in [-0.3, -0.25) is 9.59 Å². The molecule has 0 unspecified atom stereocenters. The number of carbonyl (C=O) groups is 2. The van der Waals surface area contributed by atoms with Crippen LogP contribution in [0.2, 0.25) is 0 Å². The van der Waals surface area contributed by atoms with Crippen LogP contribution in [0.25, 0.3) is 0 Å². The summed E-state index contributed by atoms with van der Waals surface area (Å²) in [5.74, 6) is -0.424. The molecule has 108 valence electrons. The zero-order chi connectivity index (χ0) is 14.4. The highest BCUT2D eigenvalue weighted by molar-refractivity contribution is 5.96. The largest absolute Gasteiger partial charge is 0.456 e. The van der Waals surface area contributed by atoms with Crippen molar-refractivity contribution in [2.45, 2.75) is 39.0 Å². The fourth-order valence-corrected chi connectivity index (χ4v) is 2.41. The number of hydrogen-bond acceptors (Lipinski definition) is 3. The zero-order valence-corrected chi connectivity index (χ0v) is 11.9. The first kappa shape index (κ1) is 14.6.